The average Bonchev–Trinajstić information content (AvgIpc) is 2.24. The lowest BCUT2D eigenvalue weighted by Crippen LogP contribution is -2.26. The average molecular weight is 258 g/mol. The summed E-state index contributed by atoms with van der Waals surface area (Å²) in [6.45, 7) is 12.2. The second-order valence-electron chi connectivity index (χ2n) is 4.55. The fraction of sp³-hybridized carbons (Fsp3) is 0.786. The van der Waals surface area contributed by atoms with Crippen molar-refractivity contribution < 1.29 is 9.53 Å². The van der Waals surface area contributed by atoms with Crippen molar-refractivity contribution >= 4 is 16.9 Å². The summed E-state index contributed by atoms with van der Waals surface area (Å²) in [5.74, 6) is 0. The number of thioether (sulfide) groups is 1. The molecule has 0 rings (SSSR count). The molecule has 0 aromatic rings. The van der Waals surface area contributed by atoms with Crippen LogP contribution in [0.3, 0.4) is 0 Å². The number of rotatable bonds is 9. The van der Waals surface area contributed by atoms with Gasteiger partial charge in [-0.2, -0.15) is 0 Å². The highest BCUT2D eigenvalue weighted by atomic mass is 32.2. The quantitative estimate of drug-likeness (QED) is 0.345. The lowest BCUT2D eigenvalue weighted by atomic mass is 10.1. The van der Waals surface area contributed by atoms with Crippen LogP contribution in [0.5, 0.6) is 0 Å². The van der Waals surface area contributed by atoms with Crippen LogP contribution < -0.4 is 0 Å². The summed E-state index contributed by atoms with van der Waals surface area (Å²) in [6, 6.07) is 0. The van der Waals surface area contributed by atoms with E-state index in [0.29, 0.717) is 12.2 Å². The number of unbranched alkanes of at least 4 members (excludes halogenated alkanes) is 3. The molecule has 0 radical (unpaired) electrons. The fourth-order valence-corrected chi connectivity index (χ4v) is 2.60. The Morgan fingerprint density at radius 2 is 1.94 bits per heavy atom. The zero-order valence-electron chi connectivity index (χ0n) is 11.7. The molecule has 0 spiro atoms. The van der Waals surface area contributed by atoms with E-state index in [4.69, 9.17) is 4.74 Å². The molecule has 0 heterocycles. The van der Waals surface area contributed by atoms with Gasteiger partial charge in [-0.3, -0.25) is 4.79 Å². The van der Waals surface area contributed by atoms with Gasteiger partial charge >= 0.3 is 0 Å². The third-order valence-corrected chi connectivity index (χ3v) is 3.88. The Kier molecular flexibility index (Phi) is 8.61. The smallest absolute Gasteiger partial charge is 0.217 e. The minimum absolute atomic E-state index is 0.0384. The maximum Gasteiger partial charge on any atom is 0.217 e. The first kappa shape index (κ1) is 16.7. The molecule has 17 heavy (non-hydrogen) atoms. The summed E-state index contributed by atoms with van der Waals surface area (Å²) in [5, 5.41) is 0.0384. The number of ether oxygens (including phenoxy) is 1. The maximum atomic E-state index is 11.7. The van der Waals surface area contributed by atoms with E-state index in [2.05, 4.69) is 13.5 Å². The third-order valence-electron chi connectivity index (χ3n) is 2.59. The van der Waals surface area contributed by atoms with E-state index < -0.39 is 4.93 Å². The van der Waals surface area contributed by atoms with Gasteiger partial charge in [-0.05, 0) is 50.9 Å². The van der Waals surface area contributed by atoms with Crippen molar-refractivity contribution in [3.8, 4) is 0 Å². The second-order valence-corrected chi connectivity index (χ2v) is 5.99. The minimum Gasteiger partial charge on any atom is -0.364 e. The monoisotopic (exact) mass is 258 g/mol. The van der Waals surface area contributed by atoms with Gasteiger partial charge in [-0.1, -0.05) is 32.8 Å². The number of carbonyl (C=O) groups excluding carboxylic acids is 1. The van der Waals surface area contributed by atoms with Crippen molar-refractivity contribution in [2.45, 2.75) is 64.7 Å². The summed E-state index contributed by atoms with van der Waals surface area (Å²) in [5.41, 5.74) is 0.592. The summed E-state index contributed by atoms with van der Waals surface area (Å²) in [7, 11) is 0. The van der Waals surface area contributed by atoms with Crippen LogP contribution >= 0.6 is 11.8 Å². The molecular formula is C14H26O2S. The minimum atomic E-state index is -0.390. The van der Waals surface area contributed by atoms with Crippen molar-refractivity contribution in [1.29, 1.82) is 0 Å². The van der Waals surface area contributed by atoms with E-state index in [9.17, 15) is 4.79 Å². The SMILES string of the molecule is C=C(C)C(=O)SC(C)(CCCCCC)OCC. The van der Waals surface area contributed by atoms with Crippen molar-refractivity contribution in [2.75, 3.05) is 6.61 Å². The molecule has 0 N–H and O–H groups in total. The predicted octanol–water partition coefficient (Wildman–Crippen LogP) is 4.55. The van der Waals surface area contributed by atoms with Crippen molar-refractivity contribution in [3.63, 3.8) is 0 Å². The molecule has 100 valence electrons. The van der Waals surface area contributed by atoms with Gasteiger partial charge in [0.05, 0.1) is 0 Å². The van der Waals surface area contributed by atoms with Crippen LogP contribution in [0.1, 0.15) is 59.8 Å². The van der Waals surface area contributed by atoms with Crippen LogP contribution in [0.15, 0.2) is 12.2 Å². The van der Waals surface area contributed by atoms with E-state index in [-0.39, 0.29) is 5.12 Å². The molecule has 0 aliphatic carbocycles. The van der Waals surface area contributed by atoms with Crippen molar-refractivity contribution in [3.05, 3.63) is 12.2 Å². The van der Waals surface area contributed by atoms with Crippen LogP contribution in [0.4, 0.5) is 0 Å². The molecule has 1 atom stereocenters. The van der Waals surface area contributed by atoms with Gasteiger partial charge in [0.25, 0.3) is 0 Å². The van der Waals surface area contributed by atoms with Gasteiger partial charge in [0.15, 0.2) is 0 Å². The Bertz CT molecular complexity index is 251. The summed E-state index contributed by atoms with van der Waals surface area (Å²) >= 11 is 1.28. The molecule has 0 bridgehead atoms. The van der Waals surface area contributed by atoms with Crippen molar-refractivity contribution in [2.24, 2.45) is 0 Å². The Balaban J connectivity index is 4.24. The van der Waals surface area contributed by atoms with Crippen LogP contribution in [0, 0.1) is 0 Å². The van der Waals surface area contributed by atoms with E-state index in [1.807, 2.05) is 13.8 Å². The largest absolute Gasteiger partial charge is 0.364 e. The predicted molar refractivity (Wildman–Crippen MR) is 76.2 cm³/mol. The molecule has 0 aliphatic rings. The Hall–Kier alpha value is -0.280. The molecule has 0 saturated carbocycles. The second kappa shape index (κ2) is 8.76. The summed E-state index contributed by atoms with van der Waals surface area (Å²) in [4.78, 5) is 11.3. The van der Waals surface area contributed by atoms with Crippen LogP contribution in [0.2, 0.25) is 0 Å². The van der Waals surface area contributed by atoms with E-state index in [1.165, 1.54) is 31.0 Å². The first-order valence-electron chi connectivity index (χ1n) is 6.48. The summed E-state index contributed by atoms with van der Waals surface area (Å²) in [6.07, 6.45) is 5.72. The van der Waals surface area contributed by atoms with Gasteiger partial charge < -0.3 is 4.74 Å². The first-order valence-corrected chi connectivity index (χ1v) is 7.29. The zero-order chi connectivity index (χ0) is 13.3. The fourth-order valence-electron chi connectivity index (χ4n) is 1.61. The molecule has 1 unspecified atom stereocenters. The van der Waals surface area contributed by atoms with Crippen LogP contribution in [0.25, 0.3) is 0 Å². The third kappa shape index (κ3) is 7.61. The Morgan fingerprint density at radius 3 is 2.41 bits per heavy atom. The summed E-state index contributed by atoms with van der Waals surface area (Å²) < 4.78 is 5.73. The standard InChI is InChI=1S/C14H26O2S/c1-6-8-9-10-11-14(5,16-7-2)17-13(15)12(3)4/h3,6-11H2,1-2,4-5H3. The van der Waals surface area contributed by atoms with Crippen LogP contribution in [-0.2, 0) is 9.53 Å². The number of hydrogen-bond acceptors (Lipinski definition) is 3. The van der Waals surface area contributed by atoms with E-state index >= 15 is 0 Å². The first-order chi connectivity index (χ1) is 7.95. The van der Waals surface area contributed by atoms with Gasteiger partial charge in [-0.25, -0.2) is 0 Å². The molecule has 2 nitrogen and oxygen atoms in total. The van der Waals surface area contributed by atoms with Gasteiger partial charge in [0.2, 0.25) is 5.12 Å². The molecule has 0 amide bonds. The van der Waals surface area contributed by atoms with E-state index in [1.54, 1.807) is 6.92 Å². The molecule has 0 fully saturated rings. The molecule has 0 aliphatic heterocycles. The molecule has 0 aromatic heterocycles. The molecular weight excluding hydrogens is 232 g/mol. The van der Waals surface area contributed by atoms with Crippen LogP contribution in [-0.4, -0.2) is 16.7 Å². The van der Waals surface area contributed by atoms with Gasteiger partial charge in [0, 0.05) is 6.61 Å². The molecule has 3 heteroatoms. The lowest BCUT2D eigenvalue weighted by Gasteiger charge is -2.28. The highest BCUT2D eigenvalue weighted by molar-refractivity contribution is 8.15. The molecule has 0 aromatic carbocycles. The highest BCUT2D eigenvalue weighted by Crippen LogP contribution is 2.34. The van der Waals surface area contributed by atoms with Gasteiger partial charge in [0.1, 0.15) is 4.93 Å². The Labute approximate surface area is 110 Å². The maximum absolute atomic E-state index is 11.7. The Morgan fingerprint density at radius 1 is 1.29 bits per heavy atom. The molecule has 0 saturated heterocycles. The number of carbonyl (C=O) groups is 1. The lowest BCUT2D eigenvalue weighted by molar-refractivity contribution is -0.108. The number of hydrogen-bond donors (Lipinski definition) is 0. The zero-order valence-corrected chi connectivity index (χ0v) is 12.5. The van der Waals surface area contributed by atoms with E-state index in [0.717, 1.165) is 12.8 Å². The normalized spacial score (nSPS) is 14.4. The highest BCUT2D eigenvalue weighted by Gasteiger charge is 2.28. The topological polar surface area (TPSA) is 26.3 Å². The van der Waals surface area contributed by atoms with Gasteiger partial charge in [-0.15, -0.1) is 0 Å². The van der Waals surface area contributed by atoms with Crippen molar-refractivity contribution in [1.82, 2.24) is 0 Å².